The summed E-state index contributed by atoms with van der Waals surface area (Å²) in [5, 5.41) is 14.8. The van der Waals surface area contributed by atoms with Crippen molar-refractivity contribution >= 4 is 27.9 Å². The number of nitrogens with zero attached hydrogens (tertiary/aromatic N) is 2. The Morgan fingerprint density at radius 1 is 1.30 bits per heavy atom. The van der Waals surface area contributed by atoms with Crippen LogP contribution >= 0.6 is 11.3 Å². The van der Waals surface area contributed by atoms with E-state index in [2.05, 4.69) is 15.3 Å². The molecule has 0 bridgehead atoms. The molecule has 0 spiro atoms. The first-order chi connectivity index (χ1) is 11.1. The Labute approximate surface area is 135 Å². The van der Waals surface area contributed by atoms with E-state index in [1.807, 2.05) is 0 Å². The fraction of sp³-hybridized carbons (Fsp3) is 0.312. The molecule has 2 aliphatic rings. The maximum absolute atomic E-state index is 13.5. The molecular weight excluding hydrogens is 317 g/mol. The number of fused-ring (bicyclic) bond motifs is 1. The average Bonchev–Trinajstić information content (AvgIpc) is 3.19. The maximum Gasteiger partial charge on any atom is 0.279 e. The minimum absolute atomic E-state index is 0.217. The summed E-state index contributed by atoms with van der Waals surface area (Å²) in [6.45, 7) is 0. The molecule has 5 nitrogen and oxygen atoms in total. The number of nitrogens with one attached hydrogen (secondary N) is 1. The highest BCUT2D eigenvalue weighted by Gasteiger charge is 2.26. The number of benzene rings is 1. The number of thiazole rings is 1. The van der Waals surface area contributed by atoms with Gasteiger partial charge in [0, 0.05) is 11.3 Å². The van der Waals surface area contributed by atoms with Gasteiger partial charge in [-0.1, -0.05) is 24.2 Å². The second-order valence-electron chi connectivity index (χ2n) is 5.75. The van der Waals surface area contributed by atoms with Crippen LogP contribution in [0.2, 0.25) is 0 Å². The molecule has 118 valence electrons. The van der Waals surface area contributed by atoms with E-state index >= 15 is 0 Å². The minimum atomic E-state index is -0.475. The third-order valence-corrected chi connectivity index (χ3v) is 5.18. The van der Waals surface area contributed by atoms with Crippen LogP contribution in [0, 0.1) is 5.82 Å². The summed E-state index contributed by atoms with van der Waals surface area (Å²) in [5.41, 5.74) is 0.217. The second-order valence-corrected chi connectivity index (χ2v) is 6.75. The molecule has 1 aromatic heterocycles. The van der Waals surface area contributed by atoms with E-state index in [9.17, 15) is 14.3 Å². The summed E-state index contributed by atoms with van der Waals surface area (Å²) in [4.78, 5) is 20.5. The highest BCUT2D eigenvalue weighted by Crippen LogP contribution is 2.35. The van der Waals surface area contributed by atoms with Gasteiger partial charge in [0.15, 0.2) is 5.13 Å². The molecule has 7 heteroatoms. The highest BCUT2D eigenvalue weighted by atomic mass is 32.1. The van der Waals surface area contributed by atoms with Gasteiger partial charge in [0.05, 0.1) is 10.9 Å². The number of rotatable bonds is 3. The van der Waals surface area contributed by atoms with Crippen molar-refractivity contribution in [3.63, 3.8) is 0 Å². The molecular formula is C16H14FN3O2S. The van der Waals surface area contributed by atoms with Crippen molar-refractivity contribution in [2.24, 2.45) is 4.99 Å². The van der Waals surface area contributed by atoms with Crippen molar-refractivity contribution in [3.05, 3.63) is 39.5 Å². The van der Waals surface area contributed by atoms with Gasteiger partial charge in [0.1, 0.15) is 10.7 Å². The first-order valence-electron chi connectivity index (χ1n) is 7.51. The van der Waals surface area contributed by atoms with Gasteiger partial charge in [-0.15, -0.1) is 0 Å². The van der Waals surface area contributed by atoms with Crippen molar-refractivity contribution in [1.29, 1.82) is 0 Å². The van der Waals surface area contributed by atoms with Gasteiger partial charge in [0.25, 0.3) is 5.91 Å². The molecule has 2 N–H and O–H groups in total. The number of carbonyl (C=O) groups is 1. The molecule has 1 aliphatic heterocycles. The Morgan fingerprint density at radius 3 is 2.87 bits per heavy atom. The van der Waals surface area contributed by atoms with Crippen LogP contribution in [0.25, 0.3) is 5.57 Å². The van der Waals surface area contributed by atoms with Gasteiger partial charge in [-0.05, 0) is 31.0 Å². The molecule has 1 aliphatic carbocycles. The average molecular weight is 331 g/mol. The van der Waals surface area contributed by atoms with Crippen molar-refractivity contribution in [1.82, 2.24) is 4.98 Å². The van der Waals surface area contributed by atoms with E-state index in [4.69, 9.17) is 0 Å². The molecule has 1 fully saturated rings. The van der Waals surface area contributed by atoms with Crippen LogP contribution in [-0.4, -0.2) is 22.0 Å². The van der Waals surface area contributed by atoms with E-state index in [-0.39, 0.29) is 11.5 Å². The molecule has 0 radical (unpaired) electrons. The molecule has 4 rings (SSSR count). The fourth-order valence-electron chi connectivity index (χ4n) is 3.09. The lowest BCUT2D eigenvalue weighted by Crippen LogP contribution is -2.23. The normalized spacial score (nSPS) is 17.4. The van der Waals surface area contributed by atoms with Gasteiger partial charge < -0.3 is 10.4 Å². The van der Waals surface area contributed by atoms with Gasteiger partial charge in [0.2, 0.25) is 5.88 Å². The molecule has 0 saturated heterocycles. The van der Waals surface area contributed by atoms with E-state index in [0.717, 1.165) is 12.8 Å². The first-order valence-corrected chi connectivity index (χ1v) is 8.33. The Hall–Kier alpha value is -2.28. The number of hydrogen-bond acceptors (Lipinski definition) is 5. The van der Waals surface area contributed by atoms with Crippen LogP contribution in [0.1, 0.15) is 30.6 Å². The Kier molecular flexibility index (Phi) is 3.37. The Bertz CT molecular complexity index is 916. The van der Waals surface area contributed by atoms with E-state index in [0.29, 0.717) is 26.6 Å². The standard InChI is InChI=1S/C16H14FN3O2S/c17-8-5-6-11-10(7-8)12(14(21)19-11)13-15(22)20-16(23-13)18-9-3-1-2-4-9/h5-7,9,22H,1-4H2,(H,18,20). The predicted octanol–water partition coefficient (Wildman–Crippen LogP) is 1.70. The van der Waals surface area contributed by atoms with Crippen molar-refractivity contribution in [2.75, 3.05) is 5.32 Å². The lowest BCUT2D eigenvalue weighted by atomic mass is 10.1. The van der Waals surface area contributed by atoms with Crippen LogP contribution in [0.4, 0.5) is 9.52 Å². The van der Waals surface area contributed by atoms with Crippen LogP contribution < -0.4 is 15.9 Å². The summed E-state index contributed by atoms with van der Waals surface area (Å²) in [5.74, 6) is -1.14. The smallest absolute Gasteiger partial charge is 0.279 e. The SMILES string of the molecule is O=C1N=c2ccc(F)cc2=C1c1sc(NC2CCCC2)nc1O. The van der Waals surface area contributed by atoms with E-state index < -0.39 is 11.7 Å². The van der Waals surface area contributed by atoms with Crippen molar-refractivity contribution in [2.45, 2.75) is 31.7 Å². The highest BCUT2D eigenvalue weighted by molar-refractivity contribution is 7.17. The molecule has 23 heavy (non-hydrogen) atoms. The molecule has 2 heterocycles. The molecule has 0 atom stereocenters. The fourth-order valence-corrected chi connectivity index (χ4v) is 4.07. The number of amides is 1. The van der Waals surface area contributed by atoms with Crippen LogP contribution in [0.15, 0.2) is 23.2 Å². The summed E-state index contributed by atoms with van der Waals surface area (Å²) in [7, 11) is 0. The third-order valence-electron chi connectivity index (χ3n) is 4.18. The quantitative estimate of drug-likeness (QED) is 0.898. The first kappa shape index (κ1) is 14.3. The van der Waals surface area contributed by atoms with Gasteiger partial charge in [-0.3, -0.25) is 4.79 Å². The number of aromatic nitrogens is 1. The number of anilines is 1. The van der Waals surface area contributed by atoms with Gasteiger partial charge >= 0.3 is 0 Å². The number of aromatic hydroxyl groups is 1. The molecule has 1 amide bonds. The van der Waals surface area contributed by atoms with Crippen LogP contribution in [-0.2, 0) is 4.79 Å². The van der Waals surface area contributed by atoms with Gasteiger partial charge in [-0.2, -0.15) is 4.98 Å². The molecule has 1 saturated carbocycles. The summed E-state index contributed by atoms with van der Waals surface area (Å²) >= 11 is 1.20. The number of halogens is 1. The van der Waals surface area contributed by atoms with Crippen LogP contribution in [0.3, 0.4) is 0 Å². The largest absolute Gasteiger partial charge is 0.492 e. The minimum Gasteiger partial charge on any atom is -0.492 e. The molecule has 2 aromatic rings. The summed E-state index contributed by atoms with van der Waals surface area (Å²) in [6, 6.07) is 4.35. The van der Waals surface area contributed by atoms with Gasteiger partial charge in [-0.25, -0.2) is 9.38 Å². The van der Waals surface area contributed by atoms with Crippen molar-refractivity contribution < 1.29 is 14.3 Å². The van der Waals surface area contributed by atoms with E-state index in [1.165, 1.54) is 42.4 Å². The third kappa shape index (κ3) is 2.50. The zero-order valence-electron chi connectivity index (χ0n) is 12.2. The molecule has 0 unspecified atom stereocenters. The van der Waals surface area contributed by atoms with Crippen molar-refractivity contribution in [3.8, 4) is 5.88 Å². The maximum atomic E-state index is 13.5. The number of carbonyl (C=O) groups excluding carboxylic acids is 1. The Balaban J connectivity index is 1.78. The Morgan fingerprint density at radius 2 is 2.09 bits per heavy atom. The van der Waals surface area contributed by atoms with E-state index in [1.54, 1.807) is 0 Å². The summed E-state index contributed by atoms with van der Waals surface area (Å²) in [6.07, 6.45) is 4.52. The monoisotopic (exact) mass is 331 g/mol. The predicted molar refractivity (Wildman–Crippen MR) is 84.4 cm³/mol. The summed E-state index contributed by atoms with van der Waals surface area (Å²) < 4.78 is 13.5. The lowest BCUT2D eigenvalue weighted by molar-refractivity contribution is -0.112. The zero-order chi connectivity index (χ0) is 16.0. The topological polar surface area (TPSA) is 74.6 Å². The second kappa shape index (κ2) is 5.42. The molecule has 1 aromatic carbocycles. The van der Waals surface area contributed by atoms with Crippen LogP contribution in [0.5, 0.6) is 5.88 Å². The lowest BCUT2D eigenvalue weighted by Gasteiger charge is -2.09. The zero-order valence-corrected chi connectivity index (χ0v) is 13.0. The number of hydrogen-bond donors (Lipinski definition) is 2.